The van der Waals surface area contributed by atoms with Crippen LogP contribution in [0.2, 0.25) is 0 Å². The average molecular weight is 458 g/mol. The number of carboxylic acid groups (broad SMARTS) is 2. The summed E-state index contributed by atoms with van der Waals surface area (Å²) >= 11 is 0. The van der Waals surface area contributed by atoms with Gasteiger partial charge in [-0.1, -0.05) is 66.7 Å². The summed E-state index contributed by atoms with van der Waals surface area (Å²) in [5, 5.41) is 20.2. The fraction of sp³-hybridized carbons (Fsp3) is 0.286. The molecule has 4 N–H and O–H groups in total. The first-order chi connectivity index (χ1) is 16.4. The number of hydrogen-bond acceptors (Lipinski definition) is 4. The molecule has 3 aromatic rings. The zero-order valence-corrected chi connectivity index (χ0v) is 18.6. The van der Waals surface area contributed by atoms with Gasteiger partial charge < -0.3 is 20.7 Å². The van der Waals surface area contributed by atoms with Crippen LogP contribution in [0.3, 0.4) is 0 Å². The van der Waals surface area contributed by atoms with Crippen LogP contribution in [0.25, 0.3) is 0 Å². The van der Waals surface area contributed by atoms with Gasteiger partial charge in [-0.05, 0) is 42.9 Å². The molecule has 34 heavy (non-hydrogen) atoms. The highest BCUT2D eigenvalue weighted by molar-refractivity contribution is 5.84. The molecule has 1 aliphatic carbocycles. The van der Waals surface area contributed by atoms with Gasteiger partial charge in [-0.3, -0.25) is 9.59 Å². The molecule has 4 atom stereocenters. The zero-order chi connectivity index (χ0) is 23.9. The maximum atomic E-state index is 12.6. The first-order valence-electron chi connectivity index (χ1n) is 11.5. The Bertz CT molecular complexity index is 1180. The van der Waals surface area contributed by atoms with Crippen LogP contribution in [0.4, 0.5) is 0 Å². The number of carbonyl (C=O) groups is 2. The Labute approximate surface area is 198 Å². The Kier molecular flexibility index (Phi) is 5.62. The van der Waals surface area contributed by atoms with Gasteiger partial charge in [0.25, 0.3) is 0 Å². The molecule has 5 rings (SSSR count). The number of ether oxygens (including phenoxy) is 1. The van der Waals surface area contributed by atoms with E-state index in [2.05, 4.69) is 0 Å². The average Bonchev–Trinajstić information content (AvgIpc) is 3.58. The number of aliphatic carboxylic acids is 2. The Balaban J connectivity index is 1.47. The van der Waals surface area contributed by atoms with Crippen molar-refractivity contribution in [2.45, 2.75) is 30.7 Å². The summed E-state index contributed by atoms with van der Waals surface area (Å²) in [5.41, 5.74) is 7.82. The lowest BCUT2D eigenvalue weighted by Crippen LogP contribution is -2.52. The second-order valence-corrected chi connectivity index (χ2v) is 9.36. The third-order valence-corrected chi connectivity index (χ3v) is 7.41. The summed E-state index contributed by atoms with van der Waals surface area (Å²) in [6, 6.07) is 24.9. The number of benzene rings is 3. The van der Waals surface area contributed by atoms with Crippen LogP contribution in [-0.2, 0) is 16.0 Å². The highest BCUT2D eigenvalue weighted by Gasteiger charge is 2.66. The number of hydrogen-bond donors (Lipinski definition) is 3. The van der Waals surface area contributed by atoms with Gasteiger partial charge >= 0.3 is 11.9 Å². The molecular weight excluding hydrogens is 430 g/mol. The van der Waals surface area contributed by atoms with Crippen LogP contribution in [0.15, 0.2) is 78.9 Å². The van der Waals surface area contributed by atoms with Crippen molar-refractivity contribution in [1.82, 2.24) is 0 Å². The second kappa shape index (κ2) is 8.61. The summed E-state index contributed by atoms with van der Waals surface area (Å²) in [7, 11) is 0. The maximum absolute atomic E-state index is 12.6. The molecule has 6 nitrogen and oxygen atoms in total. The van der Waals surface area contributed by atoms with Crippen molar-refractivity contribution >= 4 is 11.9 Å². The van der Waals surface area contributed by atoms with Gasteiger partial charge in [-0.2, -0.15) is 0 Å². The third-order valence-electron chi connectivity index (χ3n) is 7.41. The van der Waals surface area contributed by atoms with E-state index in [1.165, 1.54) is 0 Å². The number of aryl methyl sites for hydroxylation is 1. The number of carboxylic acids is 2. The highest BCUT2D eigenvalue weighted by Crippen LogP contribution is 2.58. The monoisotopic (exact) mass is 457 g/mol. The van der Waals surface area contributed by atoms with Gasteiger partial charge in [0.05, 0.1) is 5.92 Å². The van der Waals surface area contributed by atoms with E-state index >= 15 is 0 Å². The van der Waals surface area contributed by atoms with Gasteiger partial charge in [0.1, 0.15) is 17.0 Å². The Morgan fingerprint density at radius 3 is 1.97 bits per heavy atom. The Hall–Kier alpha value is -3.64. The molecule has 6 heteroatoms. The lowest BCUT2D eigenvalue weighted by Gasteiger charge is -2.34. The molecule has 0 spiro atoms. The quantitative estimate of drug-likeness (QED) is 0.453. The molecule has 0 saturated heterocycles. The minimum Gasteiger partial charge on any atom is -0.481 e. The number of para-hydroxylation sites is 2. The molecule has 1 heterocycles. The van der Waals surface area contributed by atoms with E-state index in [4.69, 9.17) is 10.5 Å². The van der Waals surface area contributed by atoms with Crippen molar-refractivity contribution in [2.24, 2.45) is 23.5 Å². The fourth-order valence-corrected chi connectivity index (χ4v) is 5.68. The van der Waals surface area contributed by atoms with E-state index < -0.39 is 29.3 Å². The van der Waals surface area contributed by atoms with Crippen LogP contribution in [0.1, 0.15) is 35.4 Å². The summed E-state index contributed by atoms with van der Waals surface area (Å²) in [6.45, 7) is 0. The van der Waals surface area contributed by atoms with Crippen LogP contribution >= 0.6 is 0 Å². The SMILES string of the molecule is NC(CC1c2ccccc2Oc2ccccc21)(C(=O)O)C1[C@@H](C(=O)O)[C@H]1CCc1ccccc1. The van der Waals surface area contributed by atoms with E-state index in [0.29, 0.717) is 24.3 Å². The molecule has 0 aromatic heterocycles. The zero-order valence-electron chi connectivity index (χ0n) is 18.6. The summed E-state index contributed by atoms with van der Waals surface area (Å²) < 4.78 is 6.04. The molecule has 2 unspecified atom stereocenters. The Morgan fingerprint density at radius 1 is 0.853 bits per heavy atom. The van der Waals surface area contributed by atoms with E-state index in [1.54, 1.807) is 0 Å². The molecule has 3 aromatic carbocycles. The predicted molar refractivity (Wildman–Crippen MR) is 127 cm³/mol. The predicted octanol–water partition coefficient (Wildman–Crippen LogP) is 4.68. The highest BCUT2D eigenvalue weighted by atomic mass is 16.5. The van der Waals surface area contributed by atoms with Gasteiger partial charge in [0.2, 0.25) is 0 Å². The molecule has 1 saturated carbocycles. The van der Waals surface area contributed by atoms with Crippen LogP contribution in [-0.4, -0.2) is 27.7 Å². The molecule has 2 aliphatic rings. The third kappa shape index (κ3) is 3.84. The van der Waals surface area contributed by atoms with Gasteiger partial charge in [0, 0.05) is 23.0 Å². The summed E-state index contributed by atoms with van der Waals surface area (Å²) in [4.78, 5) is 24.7. The first kappa shape index (κ1) is 22.2. The number of nitrogens with two attached hydrogens (primary N) is 1. The second-order valence-electron chi connectivity index (χ2n) is 9.36. The largest absolute Gasteiger partial charge is 0.481 e. The van der Waals surface area contributed by atoms with Crippen LogP contribution in [0.5, 0.6) is 11.5 Å². The van der Waals surface area contributed by atoms with E-state index in [0.717, 1.165) is 16.7 Å². The molecule has 174 valence electrons. The van der Waals surface area contributed by atoms with Gasteiger partial charge in [0.15, 0.2) is 0 Å². The van der Waals surface area contributed by atoms with Crippen LogP contribution < -0.4 is 10.5 Å². The number of fused-ring (bicyclic) bond motifs is 2. The van der Waals surface area contributed by atoms with Crippen LogP contribution in [0, 0.1) is 17.8 Å². The minimum atomic E-state index is -1.69. The molecule has 0 amide bonds. The molecule has 1 fully saturated rings. The van der Waals surface area contributed by atoms with Crippen molar-refractivity contribution in [1.29, 1.82) is 0 Å². The van der Waals surface area contributed by atoms with Crippen molar-refractivity contribution in [3.8, 4) is 11.5 Å². The van der Waals surface area contributed by atoms with Gasteiger partial charge in [-0.25, -0.2) is 0 Å². The van der Waals surface area contributed by atoms with Gasteiger partial charge in [-0.15, -0.1) is 0 Å². The summed E-state index contributed by atoms with van der Waals surface area (Å²) in [6.07, 6.45) is 1.36. The van der Waals surface area contributed by atoms with Crippen molar-refractivity contribution in [3.63, 3.8) is 0 Å². The van der Waals surface area contributed by atoms with E-state index in [9.17, 15) is 19.8 Å². The van der Waals surface area contributed by atoms with Crippen molar-refractivity contribution in [3.05, 3.63) is 95.6 Å². The smallest absolute Gasteiger partial charge is 0.324 e. The first-order valence-corrected chi connectivity index (χ1v) is 11.5. The normalized spacial score (nSPS) is 22.6. The van der Waals surface area contributed by atoms with E-state index in [-0.39, 0.29) is 18.3 Å². The molecule has 0 bridgehead atoms. The van der Waals surface area contributed by atoms with E-state index in [1.807, 2.05) is 78.9 Å². The molecule has 0 radical (unpaired) electrons. The minimum absolute atomic E-state index is 0.0933. The lowest BCUT2D eigenvalue weighted by molar-refractivity contribution is -0.145. The Morgan fingerprint density at radius 2 is 1.41 bits per heavy atom. The van der Waals surface area contributed by atoms with Crippen molar-refractivity contribution < 1.29 is 24.5 Å². The topological polar surface area (TPSA) is 110 Å². The summed E-state index contributed by atoms with van der Waals surface area (Å²) in [5.74, 6) is -2.81. The molecular formula is C28H27NO5. The van der Waals surface area contributed by atoms with Crippen molar-refractivity contribution in [2.75, 3.05) is 0 Å². The standard InChI is InChI=1S/C28H27NO5/c29-28(27(32)33,25-20(24(25)26(30)31)15-14-17-8-2-1-3-9-17)16-21-18-10-4-6-12-22(18)34-23-13-7-5-11-19(21)23/h1-13,20-21,24-25H,14-16,29H2,(H,30,31)(H,32,33)/t20-,24+,25?,28?/m1/s1. The lowest BCUT2D eigenvalue weighted by atomic mass is 9.75. The molecule has 1 aliphatic heterocycles. The fourth-order valence-electron chi connectivity index (χ4n) is 5.68. The maximum Gasteiger partial charge on any atom is 0.324 e. The number of rotatable bonds is 8.